The van der Waals surface area contributed by atoms with Crippen molar-refractivity contribution in [2.24, 2.45) is 0 Å². The number of ether oxygens (including phenoxy) is 1. The maximum atomic E-state index is 12.3. The molecule has 36 heavy (non-hydrogen) atoms. The number of rotatable bonds is 8. The van der Waals surface area contributed by atoms with E-state index in [4.69, 9.17) is 15.9 Å². The molecule has 0 bridgehead atoms. The molecule has 4 aromatic rings. The molecule has 0 saturated carbocycles. The summed E-state index contributed by atoms with van der Waals surface area (Å²) in [5.74, 6) is 0.272. The molecule has 4 rings (SSSR count). The Hall–Kier alpha value is -4.67. The first-order valence-electron chi connectivity index (χ1n) is 10.7. The van der Waals surface area contributed by atoms with E-state index in [0.717, 1.165) is 5.39 Å². The standard InChI is InChI=1S/C25H21F3N6O2/c26-25(27,28)14-31-22(35)13-36-18-5-3-4-15(11-18)23-33-21-7-2-1-6-19(21)24(34-23)32-17-8-9-20(30)16(10-17)12-29/h1-12,29H,13-14,30H2,(H,31,35)(H,32,33,34). The fourth-order valence-electron chi connectivity index (χ4n) is 3.34. The minimum absolute atomic E-state index is 0.273. The summed E-state index contributed by atoms with van der Waals surface area (Å²) in [5.41, 5.74) is 8.85. The van der Waals surface area contributed by atoms with Crippen LogP contribution in [0.15, 0.2) is 66.7 Å². The number of nitrogens with two attached hydrogens (primary N) is 1. The largest absolute Gasteiger partial charge is 0.484 e. The van der Waals surface area contributed by atoms with Crippen molar-refractivity contribution < 1.29 is 22.7 Å². The highest BCUT2D eigenvalue weighted by Crippen LogP contribution is 2.29. The van der Waals surface area contributed by atoms with Crippen LogP contribution in [0.25, 0.3) is 22.3 Å². The Morgan fingerprint density at radius 3 is 2.64 bits per heavy atom. The van der Waals surface area contributed by atoms with E-state index in [0.29, 0.717) is 39.7 Å². The molecule has 0 aliphatic heterocycles. The number of anilines is 3. The van der Waals surface area contributed by atoms with Crippen molar-refractivity contribution in [1.82, 2.24) is 15.3 Å². The Labute approximate surface area is 203 Å². The summed E-state index contributed by atoms with van der Waals surface area (Å²) >= 11 is 0. The summed E-state index contributed by atoms with van der Waals surface area (Å²) in [5, 5.41) is 13.3. The fourth-order valence-corrected chi connectivity index (χ4v) is 3.34. The summed E-state index contributed by atoms with van der Waals surface area (Å²) in [6, 6.07) is 19.2. The second-order valence-corrected chi connectivity index (χ2v) is 7.73. The number of carbonyl (C=O) groups is 1. The molecule has 3 aromatic carbocycles. The van der Waals surface area contributed by atoms with Gasteiger partial charge in [-0.3, -0.25) is 4.79 Å². The summed E-state index contributed by atoms with van der Waals surface area (Å²) in [4.78, 5) is 20.9. The topological polar surface area (TPSA) is 126 Å². The molecule has 1 aromatic heterocycles. The van der Waals surface area contributed by atoms with E-state index in [1.54, 1.807) is 47.8 Å². The Kier molecular flexibility index (Phi) is 7.00. The summed E-state index contributed by atoms with van der Waals surface area (Å²) in [6.45, 7) is -2.00. The number of nitrogen functional groups attached to an aromatic ring is 1. The number of para-hydroxylation sites is 1. The lowest BCUT2D eigenvalue weighted by Gasteiger charge is -2.13. The molecule has 0 atom stereocenters. The molecule has 8 nitrogen and oxygen atoms in total. The van der Waals surface area contributed by atoms with E-state index < -0.39 is 25.2 Å². The number of aromatic nitrogens is 2. The van der Waals surface area contributed by atoms with E-state index in [2.05, 4.69) is 15.3 Å². The second kappa shape index (κ2) is 10.3. The molecule has 11 heteroatoms. The van der Waals surface area contributed by atoms with E-state index >= 15 is 0 Å². The highest BCUT2D eigenvalue weighted by atomic mass is 19.4. The minimum Gasteiger partial charge on any atom is -0.484 e. The molecule has 0 fully saturated rings. The van der Waals surface area contributed by atoms with Crippen molar-refractivity contribution >= 4 is 40.2 Å². The number of alkyl halides is 3. The van der Waals surface area contributed by atoms with Crippen LogP contribution in [0.5, 0.6) is 5.75 Å². The number of halogens is 3. The molecule has 0 unspecified atom stereocenters. The van der Waals surface area contributed by atoms with Crippen molar-refractivity contribution in [1.29, 1.82) is 5.41 Å². The Morgan fingerprint density at radius 1 is 1.06 bits per heavy atom. The first-order chi connectivity index (χ1) is 17.2. The van der Waals surface area contributed by atoms with Gasteiger partial charge >= 0.3 is 6.18 Å². The predicted octanol–water partition coefficient (Wildman–Crippen LogP) is 4.68. The fraction of sp³-hybridized carbons (Fsp3) is 0.120. The molecule has 0 spiro atoms. The number of carbonyl (C=O) groups excluding carboxylic acids is 1. The van der Waals surface area contributed by atoms with Gasteiger partial charge < -0.3 is 26.5 Å². The van der Waals surface area contributed by atoms with Crippen LogP contribution in [0.4, 0.5) is 30.4 Å². The third-order valence-corrected chi connectivity index (χ3v) is 5.06. The van der Waals surface area contributed by atoms with Gasteiger partial charge in [0.2, 0.25) is 0 Å². The van der Waals surface area contributed by atoms with E-state index in [9.17, 15) is 18.0 Å². The van der Waals surface area contributed by atoms with Gasteiger partial charge in [-0.05, 0) is 42.5 Å². The maximum Gasteiger partial charge on any atom is 0.405 e. The summed E-state index contributed by atoms with van der Waals surface area (Å²) < 4.78 is 42.2. The van der Waals surface area contributed by atoms with Gasteiger partial charge in [-0.25, -0.2) is 9.97 Å². The Balaban J connectivity index is 1.60. The number of nitrogens with one attached hydrogen (secondary N) is 3. The highest BCUT2D eigenvalue weighted by molar-refractivity contribution is 5.93. The van der Waals surface area contributed by atoms with Gasteiger partial charge in [0.1, 0.15) is 18.1 Å². The quantitative estimate of drug-likeness (QED) is 0.208. The normalized spacial score (nSPS) is 11.2. The van der Waals surface area contributed by atoms with Crippen molar-refractivity contribution in [2.45, 2.75) is 6.18 Å². The van der Waals surface area contributed by atoms with Crippen molar-refractivity contribution in [3.05, 3.63) is 72.3 Å². The smallest absolute Gasteiger partial charge is 0.405 e. The van der Waals surface area contributed by atoms with Crippen LogP contribution in [0.1, 0.15) is 5.56 Å². The number of amides is 1. The average Bonchev–Trinajstić information content (AvgIpc) is 2.87. The molecule has 0 aliphatic rings. The molecule has 1 amide bonds. The molecular weight excluding hydrogens is 473 g/mol. The molecule has 0 radical (unpaired) electrons. The van der Waals surface area contributed by atoms with Gasteiger partial charge in [0.15, 0.2) is 12.4 Å². The average molecular weight is 494 g/mol. The monoisotopic (exact) mass is 494 g/mol. The zero-order chi connectivity index (χ0) is 25.7. The zero-order valence-electron chi connectivity index (χ0n) is 18.8. The zero-order valence-corrected chi connectivity index (χ0v) is 18.8. The van der Waals surface area contributed by atoms with Crippen molar-refractivity contribution in [3.8, 4) is 17.1 Å². The molecule has 0 saturated heterocycles. The number of benzene rings is 3. The molecule has 184 valence electrons. The lowest BCUT2D eigenvalue weighted by atomic mass is 10.1. The van der Waals surface area contributed by atoms with Gasteiger partial charge in [-0.15, -0.1) is 0 Å². The highest BCUT2D eigenvalue weighted by Gasteiger charge is 2.27. The Bertz CT molecular complexity index is 1420. The third kappa shape index (κ3) is 6.06. The number of hydrogen-bond acceptors (Lipinski definition) is 7. The second-order valence-electron chi connectivity index (χ2n) is 7.73. The number of nitrogens with zero attached hydrogens (tertiary/aromatic N) is 2. The number of hydrogen-bond donors (Lipinski definition) is 4. The van der Waals surface area contributed by atoms with Gasteiger partial charge in [0.05, 0.1) is 5.52 Å². The number of fused-ring (bicyclic) bond motifs is 1. The lowest BCUT2D eigenvalue weighted by molar-refractivity contribution is -0.139. The van der Waals surface area contributed by atoms with E-state index in [1.165, 1.54) is 6.21 Å². The van der Waals surface area contributed by atoms with Crippen LogP contribution >= 0.6 is 0 Å². The van der Waals surface area contributed by atoms with E-state index in [1.807, 2.05) is 24.3 Å². The SMILES string of the molecule is N=Cc1cc(Nc2nc(-c3cccc(OCC(=O)NCC(F)(F)F)c3)nc3ccccc23)ccc1N. The predicted molar refractivity (Wildman–Crippen MR) is 132 cm³/mol. The molecular formula is C25H21F3N6O2. The summed E-state index contributed by atoms with van der Waals surface area (Å²) in [6.07, 6.45) is -3.33. The minimum atomic E-state index is -4.50. The van der Waals surface area contributed by atoms with Gasteiger partial charge in [0.25, 0.3) is 5.91 Å². The Morgan fingerprint density at radius 2 is 1.86 bits per heavy atom. The lowest BCUT2D eigenvalue weighted by Crippen LogP contribution is -2.36. The van der Waals surface area contributed by atoms with Gasteiger partial charge in [-0.1, -0.05) is 24.3 Å². The van der Waals surface area contributed by atoms with Crippen molar-refractivity contribution in [3.63, 3.8) is 0 Å². The first kappa shape index (κ1) is 24.5. The molecule has 5 N–H and O–H groups in total. The van der Waals surface area contributed by atoms with E-state index in [-0.39, 0.29) is 5.75 Å². The van der Waals surface area contributed by atoms with Gasteiger partial charge in [0, 0.05) is 34.1 Å². The third-order valence-electron chi connectivity index (χ3n) is 5.06. The first-order valence-corrected chi connectivity index (χ1v) is 10.7. The van der Waals surface area contributed by atoms with Crippen molar-refractivity contribution in [2.75, 3.05) is 24.2 Å². The van der Waals surface area contributed by atoms with Crippen LogP contribution in [-0.2, 0) is 4.79 Å². The van der Waals surface area contributed by atoms with Crippen LogP contribution in [0, 0.1) is 5.41 Å². The van der Waals surface area contributed by atoms with Crippen LogP contribution < -0.4 is 21.1 Å². The van der Waals surface area contributed by atoms with Crippen LogP contribution in [-0.4, -0.2) is 41.4 Å². The van der Waals surface area contributed by atoms with Crippen LogP contribution in [0.3, 0.4) is 0 Å². The molecule has 1 heterocycles. The summed E-state index contributed by atoms with van der Waals surface area (Å²) in [7, 11) is 0. The van der Waals surface area contributed by atoms with Gasteiger partial charge in [-0.2, -0.15) is 13.2 Å². The maximum absolute atomic E-state index is 12.3. The van der Waals surface area contributed by atoms with Crippen LogP contribution in [0.2, 0.25) is 0 Å². The molecule has 0 aliphatic carbocycles.